The first-order valence-electron chi connectivity index (χ1n) is 8.19. The Labute approximate surface area is 145 Å². The van der Waals surface area contributed by atoms with Crippen molar-refractivity contribution in [2.24, 2.45) is 0 Å². The quantitative estimate of drug-likeness (QED) is 0.890. The minimum Gasteiger partial charge on any atom is -0.467 e. The first kappa shape index (κ1) is 16.9. The fourth-order valence-corrected chi connectivity index (χ4v) is 2.75. The average molecular weight is 343 g/mol. The van der Waals surface area contributed by atoms with Gasteiger partial charge in [-0.15, -0.1) is 0 Å². The van der Waals surface area contributed by atoms with Gasteiger partial charge in [0.15, 0.2) is 0 Å². The number of hydrogen-bond donors (Lipinski definition) is 1. The van der Waals surface area contributed by atoms with Gasteiger partial charge in [-0.2, -0.15) is 0 Å². The van der Waals surface area contributed by atoms with E-state index in [4.69, 9.17) is 4.42 Å². The van der Waals surface area contributed by atoms with E-state index in [0.29, 0.717) is 55.8 Å². The molecule has 1 aliphatic heterocycles. The smallest absolute Gasteiger partial charge is 0.270 e. The van der Waals surface area contributed by atoms with Crippen LogP contribution in [0.25, 0.3) is 0 Å². The number of aryl methyl sites for hydroxylation is 1. The summed E-state index contributed by atoms with van der Waals surface area (Å²) in [5, 5.41) is 2.79. The predicted molar refractivity (Wildman–Crippen MR) is 91.1 cm³/mol. The van der Waals surface area contributed by atoms with Gasteiger partial charge < -0.3 is 19.5 Å². The molecular formula is C17H21N5O3. The molecule has 1 saturated heterocycles. The zero-order valence-electron chi connectivity index (χ0n) is 14.4. The molecule has 8 nitrogen and oxygen atoms in total. The van der Waals surface area contributed by atoms with E-state index < -0.39 is 0 Å². The lowest BCUT2D eigenvalue weighted by atomic mass is 10.2. The number of piperazine rings is 1. The predicted octanol–water partition coefficient (Wildman–Crippen LogP) is 0.977. The SMILES string of the molecule is CC(=O)N1CCN(c2cc(C(=O)NCc3ccco3)nc(C)n2)CC1. The molecule has 0 atom stereocenters. The fourth-order valence-electron chi connectivity index (χ4n) is 2.75. The van der Waals surface area contributed by atoms with Crippen LogP contribution < -0.4 is 10.2 Å². The van der Waals surface area contributed by atoms with E-state index in [1.807, 2.05) is 4.90 Å². The highest BCUT2D eigenvalue weighted by atomic mass is 16.3. The molecule has 8 heteroatoms. The average Bonchev–Trinajstić information content (AvgIpc) is 3.12. The lowest BCUT2D eigenvalue weighted by molar-refractivity contribution is -0.129. The summed E-state index contributed by atoms with van der Waals surface area (Å²) in [7, 11) is 0. The van der Waals surface area contributed by atoms with Gasteiger partial charge in [0.1, 0.15) is 23.1 Å². The van der Waals surface area contributed by atoms with Crippen LogP contribution in [0.1, 0.15) is 29.0 Å². The molecule has 1 N–H and O–H groups in total. The first-order valence-corrected chi connectivity index (χ1v) is 8.19. The summed E-state index contributed by atoms with van der Waals surface area (Å²) in [6.45, 7) is 6.32. The molecule has 0 bridgehead atoms. The van der Waals surface area contributed by atoms with Crippen molar-refractivity contribution in [3.8, 4) is 0 Å². The van der Waals surface area contributed by atoms with Crippen molar-refractivity contribution in [1.29, 1.82) is 0 Å². The van der Waals surface area contributed by atoms with E-state index in [-0.39, 0.29) is 11.8 Å². The Morgan fingerprint density at radius 1 is 1.24 bits per heavy atom. The van der Waals surface area contributed by atoms with E-state index in [9.17, 15) is 9.59 Å². The van der Waals surface area contributed by atoms with Gasteiger partial charge in [0.25, 0.3) is 5.91 Å². The van der Waals surface area contributed by atoms with Crippen LogP contribution in [0.2, 0.25) is 0 Å². The van der Waals surface area contributed by atoms with Gasteiger partial charge in [0, 0.05) is 39.2 Å². The molecule has 0 aromatic carbocycles. The Morgan fingerprint density at radius 3 is 2.64 bits per heavy atom. The third kappa shape index (κ3) is 4.14. The van der Waals surface area contributed by atoms with Crippen molar-refractivity contribution in [2.75, 3.05) is 31.1 Å². The van der Waals surface area contributed by atoms with E-state index in [1.165, 1.54) is 0 Å². The third-order valence-corrected chi connectivity index (χ3v) is 4.11. The summed E-state index contributed by atoms with van der Waals surface area (Å²) in [4.78, 5) is 36.3. The molecule has 2 aromatic heterocycles. The summed E-state index contributed by atoms with van der Waals surface area (Å²) in [6, 6.07) is 5.26. The number of furan rings is 1. The van der Waals surface area contributed by atoms with Gasteiger partial charge in [-0.1, -0.05) is 0 Å². The third-order valence-electron chi connectivity index (χ3n) is 4.11. The zero-order valence-corrected chi connectivity index (χ0v) is 14.4. The van der Waals surface area contributed by atoms with Crippen molar-refractivity contribution >= 4 is 17.6 Å². The summed E-state index contributed by atoms with van der Waals surface area (Å²) in [6.07, 6.45) is 1.56. The van der Waals surface area contributed by atoms with E-state index in [1.54, 1.807) is 38.3 Å². The summed E-state index contributed by atoms with van der Waals surface area (Å²) >= 11 is 0. The number of nitrogens with one attached hydrogen (secondary N) is 1. The Kier molecular flexibility index (Phi) is 4.97. The topological polar surface area (TPSA) is 91.6 Å². The molecule has 1 fully saturated rings. The Hall–Kier alpha value is -2.90. The second kappa shape index (κ2) is 7.33. The van der Waals surface area contributed by atoms with Crippen LogP contribution in [-0.2, 0) is 11.3 Å². The number of nitrogens with zero attached hydrogens (tertiary/aromatic N) is 4. The fraction of sp³-hybridized carbons (Fsp3) is 0.412. The molecule has 3 rings (SSSR count). The van der Waals surface area contributed by atoms with Crippen molar-refractivity contribution < 1.29 is 14.0 Å². The van der Waals surface area contributed by atoms with Crippen molar-refractivity contribution in [3.05, 3.63) is 41.7 Å². The van der Waals surface area contributed by atoms with Crippen molar-refractivity contribution in [3.63, 3.8) is 0 Å². The number of amides is 2. The normalized spacial score (nSPS) is 14.5. The molecule has 0 spiro atoms. The van der Waals surface area contributed by atoms with E-state index in [2.05, 4.69) is 20.2 Å². The summed E-state index contributed by atoms with van der Waals surface area (Å²) in [5.74, 6) is 1.73. The second-order valence-electron chi connectivity index (χ2n) is 5.91. The van der Waals surface area contributed by atoms with Crippen LogP contribution >= 0.6 is 0 Å². The minimum atomic E-state index is -0.273. The largest absolute Gasteiger partial charge is 0.467 e. The first-order chi connectivity index (χ1) is 12.0. The van der Waals surface area contributed by atoms with Crippen LogP contribution in [0.15, 0.2) is 28.9 Å². The van der Waals surface area contributed by atoms with Crippen LogP contribution in [0, 0.1) is 6.92 Å². The van der Waals surface area contributed by atoms with Crippen molar-refractivity contribution in [2.45, 2.75) is 20.4 Å². The molecular weight excluding hydrogens is 322 g/mol. The van der Waals surface area contributed by atoms with Gasteiger partial charge in [-0.05, 0) is 19.1 Å². The molecule has 0 unspecified atom stereocenters. The van der Waals surface area contributed by atoms with Gasteiger partial charge in [0.05, 0.1) is 12.8 Å². The maximum atomic E-state index is 12.4. The second-order valence-corrected chi connectivity index (χ2v) is 5.91. The van der Waals surface area contributed by atoms with Crippen LogP contribution in [0.3, 0.4) is 0 Å². The maximum Gasteiger partial charge on any atom is 0.270 e. The highest BCUT2D eigenvalue weighted by Crippen LogP contribution is 2.15. The van der Waals surface area contributed by atoms with Gasteiger partial charge in [0.2, 0.25) is 5.91 Å². The van der Waals surface area contributed by atoms with E-state index in [0.717, 1.165) is 0 Å². The minimum absolute atomic E-state index is 0.0801. The van der Waals surface area contributed by atoms with Crippen molar-refractivity contribution in [1.82, 2.24) is 20.2 Å². The number of rotatable bonds is 4. The molecule has 0 radical (unpaired) electrons. The molecule has 25 heavy (non-hydrogen) atoms. The summed E-state index contributed by atoms with van der Waals surface area (Å²) < 4.78 is 5.20. The molecule has 0 saturated carbocycles. The number of hydrogen-bond acceptors (Lipinski definition) is 6. The van der Waals surface area contributed by atoms with E-state index >= 15 is 0 Å². The lowest BCUT2D eigenvalue weighted by Crippen LogP contribution is -2.48. The highest BCUT2D eigenvalue weighted by Gasteiger charge is 2.21. The summed E-state index contributed by atoms with van der Waals surface area (Å²) in [5.41, 5.74) is 0.322. The lowest BCUT2D eigenvalue weighted by Gasteiger charge is -2.35. The number of carbonyl (C=O) groups excluding carboxylic acids is 2. The molecule has 2 amide bonds. The van der Waals surface area contributed by atoms with Gasteiger partial charge in [-0.25, -0.2) is 9.97 Å². The standard InChI is InChI=1S/C17H21N5O3/c1-12-19-15(17(24)18-11-14-4-3-9-25-14)10-16(20-12)22-7-5-21(6-8-22)13(2)23/h3-4,9-10H,5-8,11H2,1-2H3,(H,18,24). The van der Waals surface area contributed by atoms with Crippen LogP contribution in [0.5, 0.6) is 0 Å². The molecule has 132 valence electrons. The van der Waals surface area contributed by atoms with Crippen LogP contribution in [0.4, 0.5) is 5.82 Å². The molecule has 0 aliphatic carbocycles. The van der Waals surface area contributed by atoms with Gasteiger partial charge in [-0.3, -0.25) is 9.59 Å². The molecule has 2 aromatic rings. The Morgan fingerprint density at radius 2 is 2.00 bits per heavy atom. The highest BCUT2D eigenvalue weighted by molar-refractivity contribution is 5.92. The number of anilines is 1. The number of aromatic nitrogens is 2. The molecule has 3 heterocycles. The van der Waals surface area contributed by atoms with Crippen LogP contribution in [-0.4, -0.2) is 52.9 Å². The van der Waals surface area contributed by atoms with Gasteiger partial charge >= 0.3 is 0 Å². The monoisotopic (exact) mass is 343 g/mol. The number of carbonyl (C=O) groups is 2. The molecule has 1 aliphatic rings. The zero-order chi connectivity index (χ0) is 17.8. The Bertz CT molecular complexity index is 752. The maximum absolute atomic E-state index is 12.4. The Balaban J connectivity index is 1.68.